The molecule has 0 amide bonds. The molecule has 4 fully saturated rings. The van der Waals surface area contributed by atoms with Crippen molar-refractivity contribution >= 4 is 0 Å². The topological polar surface area (TPSA) is 13.3 Å². The van der Waals surface area contributed by atoms with E-state index in [-0.39, 0.29) is 0 Å². The van der Waals surface area contributed by atoms with Crippen molar-refractivity contribution in [3.05, 3.63) is 0 Å². The van der Waals surface area contributed by atoms with Gasteiger partial charge in [-0.1, -0.05) is 20.8 Å². The molecule has 0 aromatic carbocycles. The summed E-state index contributed by atoms with van der Waals surface area (Å²) in [7, 11) is 0. The lowest BCUT2D eigenvalue weighted by Crippen LogP contribution is -3.13. The molecule has 0 unspecified atom stereocenters. The first-order valence-corrected chi connectivity index (χ1v) is 12.4. The van der Waals surface area contributed by atoms with E-state index < -0.39 is 0 Å². The van der Waals surface area contributed by atoms with E-state index in [0.717, 1.165) is 0 Å². The Bertz CT molecular complexity index is 407. The van der Waals surface area contributed by atoms with E-state index in [9.17, 15) is 0 Å². The summed E-state index contributed by atoms with van der Waals surface area (Å²) in [5.74, 6) is 0. The van der Waals surface area contributed by atoms with Gasteiger partial charge in [0.1, 0.15) is 0 Å². The Labute approximate surface area is 168 Å². The van der Waals surface area contributed by atoms with Crippen molar-refractivity contribution in [1.82, 2.24) is 0 Å². The summed E-state index contributed by atoms with van der Waals surface area (Å²) in [6.07, 6.45) is 13.3. The van der Waals surface area contributed by atoms with E-state index in [2.05, 4.69) is 20.8 Å². The zero-order chi connectivity index (χ0) is 19.0. The third kappa shape index (κ3) is 5.08. The summed E-state index contributed by atoms with van der Waals surface area (Å²) < 4.78 is 0. The first kappa shape index (κ1) is 20.2. The second-order valence-corrected chi connectivity index (χ2v) is 12.4. The SMILES string of the molecule is CC1(C[NH+]2CCCC2)CC(C)(C[NH+]2CCCC2)CC(C)(C[NH+]2CCCC2)C1. The summed E-state index contributed by atoms with van der Waals surface area (Å²) >= 11 is 0. The van der Waals surface area contributed by atoms with Gasteiger partial charge in [-0.3, -0.25) is 0 Å². The zero-order valence-electron chi connectivity index (χ0n) is 18.7. The molecule has 156 valence electrons. The number of quaternary nitrogens is 3. The molecule has 0 atom stereocenters. The predicted octanol–water partition coefficient (Wildman–Crippen LogP) is 0.225. The summed E-state index contributed by atoms with van der Waals surface area (Å²) in [5, 5.41) is 0. The lowest BCUT2D eigenvalue weighted by atomic mass is 9.54. The van der Waals surface area contributed by atoms with Crippen LogP contribution >= 0.6 is 0 Å². The average Bonchev–Trinajstić information content (AvgIpc) is 3.28. The highest BCUT2D eigenvalue weighted by Gasteiger charge is 2.53. The number of nitrogens with one attached hydrogen (secondary N) is 3. The smallest absolute Gasteiger partial charge is 0.0825 e. The molecule has 3 heterocycles. The van der Waals surface area contributed by atoms with E-state index in [0.29, 0.717) is 16.2 Å². The van der Waals surface area contributed by atoms with Gasteiger partial charge in [-0.15, -0.1) is 0 Å². The van der Waals surface area contributed by atoms with Crippen LogP contribution in [0.3, 0.4) is 0 Å². The maximum absolute atomic E-state index is 2.69. The molecule has 3 N–H and O–H groups in total. The van der Waals surface area contributed by atoms with Gasteiger partial charge in [0.15, 0.2) is 0 Å². The van der Waals surface area contributed by atoms with E-state index in [1.54, 1.807) is 0 Å². The van der Waals surface area contributed by atoms with Crippen LogP contribution in [0.25, 0.3) is 0 Å². The Morgan fingerprint density at radius 1 is 0.444 bits per heavy atom. The highest BCUT2D eigenvalue weighted by atomic mass is 15.2. The second-order valence-electron chi connectivity index (χ2n) is 12.4. The molecule has 3 nitrogen and oxygen atoms in total. The van der Waals surface area contributed by atoms with Gasteiger partial charge in [-0.25, -0.2) is 0 Å². The number of rotatable bonds is 6. The zero-order valence-corrected chi connectivity index (χ0v) is 18.7. The van der Waals surface area contributed by atoms with Crippen LogP contribution in [-0.2, 0) is 0 Å². The Balaban J connectivity index is 1.51. The second kappa shape index (κ2) is 7.95. The molecule has 0 spiro atoms. The highest BCUT2D eigenvalue weighted by Crippen LogP contribution is 2.53. The van der Waals surface area contributed by atoms with Gasteiger partial charge >= 0.3 is 0 Å². The van der Waals surface area contributed by atoms with Gasteiger partial charge in [0, 0.05) is 54.8 Å². The van der Waals surface area contributed by atoms with Gasteiger partial charge in [-0.2, -0.15) is 0 Å². The first-order chi connectivity index (χ1) is 12.9. The molecule has 4 rings (SSSR count). The molecule has 3 saturated heterocycles. The largest absolute Gasteiger partial charge is 0.334 e. The Hall–Kier alpha value is -0.120. The van der Waals surface area contributed by atoms with Crippen molar-refractivity contribution in [2.75, 3.05) is 58.9 Å². The molecule has 0 aromatic heterocycles. The molecule has 0 aromatic rings. The molecular weight excluding hydrogens is 330 g/mol. The molecule has 1 saturated carbocycles. The molecule has 0 bridgehead atoms. The molecule has 27 heavy (non-hydrogen) atoms. The van der Waals surface area contributed by atoms with Crippen molar-refractivity contribution in [2.45, 2.75) is 78.6 Å². The van der Waals surface area contributed by atoms with Crippen LogP contribution in [0.2, 0.25) is 0 Å². The molecule has 3 aliphatic heterocycles. The van der Waals surface area contributed by atoms with Crippen molar-refractivity contribution < 1.29 is 14.7 Å². The standard InChI is InChI=1S/C24H45N3/c1-22(19-25-10-4-5-11-25)16-23(2,20-26-12-6-7-13-26)18-24(3,17-22)21-27-14-8-9-15-27/h4-21H2,1-3H3/p+3. The lowest BCUT2D eigenvalue weighted by molar-refractivity contribution is -0.903. The highest BCUT2D eigenvalue weighted by molar-refractivity contribution is 4.98. The van der Waals surface area contributed by atoms with Crippen LogP contribution < -0.4 is 14.7 Å². The number of hydrogen-bond acceptors (Lipinski definition) is 0. The van der Waals surface area contributed by atoms with Crippen LogP contribution in [0.5, 0.6) is 0 Å². The van der Waals surface area contributed by atoms with E-state index in [4.69, 9.17) is 0 Å². The quantitative estimate of drug-likeness (QED) is 0.586. The fourth-order valence-electron chi connectivity index (χ4n) is 8.62. The normalized spacial score (nSPS) is 42.3. The molecule has 3 heteroatoms. The van der Waals surface area contributed by atoms with Gasteiger partial charge in [0.2, 0.25) is 0 Å². The van der Waals surface area contributed by atoms with Crippen LogP contribution in [0.15, 0.2) is 0 Å². The molecule has 0 radical (unpaired) electrons. The minimum absolute atomic E-state index is 0.555. The lowest BCUT2D eigenvalue weighted by Gasteiger charge is -2.53. The third-order valence-electron chi connectivity index (χ3n) is 8.52. The molecule has 1 aliphatic carbocycles. The predicted molar refractivity (Wildman–Crippen MR) is 113 cm³/mol. The maximum atomic E-state index is 2.69. The average molecular weight is 379 g/mol. The summed E-state index contributed by atoms with van der Waals surface area (Å²) in [5.41, 5.74) is 1.67. The summed E-state index contributed by atoms with van der Waals surface area (Å²) in [6.45, 7) is 21.1. The van der Waals surface area contributed by atoms with Crippen molar-refractivity contribution in [2.24, 2.45) is 16.2 Å². The van der Waals surface area contributed by atoms with Crippen LogP contribution in [0.4, 0.5) is 0 Å². The molecule has 4 aliphatic rings. The molecular formula is C24H48N3+3. The third-order valence-corrected chi connectivity index (χ3v) is 8.52. The van der Waals surface area contributed by atoms with E-state index in [1.165, 1.54) is 117 Å². The Kier molecular flexibility index (Phi) is 5.94. The first-order valence-electron chi connectivity index (χ1n) is 12.4. The van der Waals surface area contributed by atoms with Crippen molar-refractivity contribution in [3.8, 4) is 0 Å². The number of hydrogen-bond donors (Lipinski definition) is 3. The van der Waals surface area contributed by atoms with Crippen molar-refractivity contribution in [1.29, 1.82) is 0 Å². The summed E-state index contributed by atoms with van der Waals surface area (Å²) in [6, 6.07) is 0. The van der Waals surface area contributed by atoms with Crippen molar-refractivity contribution in [3.63, 3.8) is 0 Å². The van der Waals surface area contributed by atoms with Gasteiger partial charge < -0.3 is 14.7 Å². The fraction of sp³-hybridized carbons (Fsp3) is 1.00. The van der Waals surface area contributed by atoms with Gasteiger partial charge in [-0.05, 0) is 19.3 Å². The minimum atomic E-state index is 0.555. The fourth-order valence-corrected chi connectivity index (χ4v) is 8.62. The van der Waals surface area contributed by atoms with Crippen LogP contribution in [0.1, 0.15) is 78.6 Å². The van der Waals surface area contributed by atoms with Crippen LogP contribution in [-0.4, -0.2) is 58.9 Å². The minimum Gasteiger partial charge on any atom is -0.334 e. The van der Waals surface area contributed by atoms with E-state index >= 15 is 0 Å². The Morgan fingerprint density at radius 3 is 0.889 bits per heavy atom. The number of likely N-dealkylation sites (tertiary alicyclic amines) is 3. The summed E-state index contributed by atoms with van der Waals surface area (Å²) in [4.78, 5) is 5.77. The monoisotopic (exact) mass is 378 g/mol. The van der Waals surface area contributed by atoms with Crippen LogP contribution in [0, 0.1) is 16.2 Å². The Morgan fingerprint density at radius 2 is 0.667 bits per heavy atom. The van der Waals surface area contributed by atoms with E-state index in [1.807, 2.05) is 14.7 Å². The maximum Gasteiger partial charge on any atom is 0.0825 e. The van der Waals surface area contributed by atoms with Gasteiger partial charge in [0.05, 0.1) is 58.9 Å². The van der Waals surface area contributed by atoms with Gasteiger partial charge in [0.25, 0.3) is 0 Å².